The maximum atomic E-state index is 11.8. The Morgan fingerprint density at radius 3 is 2.79 bits per heavy atom. The van der Waals surface area contributed by atoms with E-state index in [0.717, 1.165) is 0 Å². The van der Waals surface area contributed by atoms with Crippen LogP contribution in [0.15, 0.2) is 23.1 Å². The van der Waals surface area contributed by atoms with Crippen molar-refractivity contribution in [1.82, 2.24) is 0 Å². The zero-order chi connectivity index (χ0) is 10.6. The van der Waals surface area contributed by atoms with Gasteiger partial charge in [0.05, 0.1) is 22.4 Å². The Kier molecular flexibility index (Phi) is 4.35. The van der Waals surface area contributed by atoms with E-state index < -0.39 is 17.5 Å². The molecule has 2 nitrogen and oxygen atoms in total. The van der Waals surface area contributed by atoms with Crippen LogP contribution < -0.4 is 5.73 Å². The van der Waals surface area contributed by atoms with Gasteiger partial charge in [0, 0.05) is 16.5 Å². The summed E-state index contributed by atoms with van der Waals surface area (Å²) >= 11 is 5.69. The van der Waals surface area contributed by atoms with Gasteiger partial charge in [-0.1, -0.05) is 11.6 Å². The first-order chi connectivity index (χ1) is 6.65. The number of nitrogens with two attached hydrogens (primary N) is 1. The number of anilines is 1. The summed E-state index contributed by atoms with van der Waals surface area (Å²) in [6.07, 6.45) is 0.286. The highest BCUT2D eigenvalue weighted by Crippen LogP contribution is 2.21. The third-order valence-corrected chi connectivity index (χ3v) is 3.44. The summed E-state index contributed by atoms with van der Waals surface area (Å²) in [5, 5.41) is 0.508. The average molecular weight is 236 g/mol. The first-order valence-corrected chi connectivity index (χ1v) is 5.84. The summed E-state index contributed by atoms with van der Waals surface area (Å²) in [7, 11) is -1.23. The van der Waals surface area contributed by atoms with Gasteiger partial charge >= 0.3 is 0 Å². The zero-order valence-electron chi connectivity index (χ0n) is 7.50. The molecule has 0 aliphatic heterocycles. The van der Waals surface area contributed by atoms with Gasteiger partial charge in [0.25, 0.3) is 0 Å². The normalized spacial score (nSPS) is 12.7. The highest BCUT2D eigenvalue weighted by molar-refractivity contribution is 7.85. The fourth-order valence-corrected chi connectivity index (χ4v) is 2.34. The second-order valence-electron chi connectivity index (χ2n) is 2.77. The van der Waals surface area contributed by atoms with Crippen LogP contribution >= 0.6 is 11.6 Å². The van der Waals surface area contributed by atoms with E-state index in [-0.39, 0.29) is 6.42 Å². The molecule has 1 atom stereocenters. The van der Waals surface area contributed by atoms with Crippen molar-refractivity contribution in [1.29, 1.82) is 0 Å². The van der Waals surface area contributed by atoms with Gasteiger partial charge in [-0.25, -0.2) is 0 Å². The highest BCUT2D eigenvalue weighted by atomic mass is 35.5. The van der Waals surface area contributed by atoms with E-state index in [9.17, 15) is 8.60 Å². The molecule has 1 unspecified atom stereocenters. The van der Waals surface area contributed by atoms with Crippen LogP contribution in [0.1, 0.15) is 6.42 Å². The molecule has 0 aliphatic carbocycles. The second-order valence-corrected chi connectivity index (χ2v) is 4.75. The fraction of sp³-hybridized carbons (Fsp3) is 0.333. The number of hydrogen-bond donors (Lipinski definition) is 1. The first kappa shape index (κ1) is 11.5. The summed E-state index contributed by atoms with van der Waals surface area (Å²) in [4.78, 5) is 0.530. The highest BCUT2D eigenvalue weighted by Gasteiger charge is 2.07. The maximum Gasteiger partial charge on any atom is 0.0903 e. The largest absolute Gasteiger partial charge is 0.398 e. The molecule has 2 N–H and O–H groups in total. The summed E-state index contributed by atoms with van der Waals surface area (Å²) in [6, 6.07) is 4.79. The lowest BCUT2D eigenvalue weighted by Gasteiger charge is -2.04. The van der Waals surface area contributed by atoms with E-state index in [1.165, 1.54) is 0 Å². The molecular weight excluding hydrogens is 225 g/mol. The minimum Gasteiger partial charge on any atom is -0.398 e. The molecule has 0 saturated carbocycles. The molecule has 0 radical (unpaired) electrons. The van der Waals surface area contributed by atoms with E-state index in [1.54, 1.807) is 18.2 Å². The number of nitrogen functional groups attached to an aromatic ring is 1. The Balaban J connectivity index is 2.80. The molecule has 0 aromatic heterocycles. The van der Waals surface area contributed by atoms with E-state index in [0.29, 0.717) is 21.4 Å². The van der Waals surface area contributed by atoms with Crippen molar-refractivity contribution in [3.63, 3.8) is 0 Å². The van der Waals surface area contributed by atoms with E-state index in [1.807, 2.05) is 0 Å². The molecule has 0 amide bonds. The summed E-state index contributed by atoms with van der Waals surface area (Å²) in [5.41, 5.74) is 6.02. The number of hydrogen-bond acceptors (Lipinski definition) is 2. The Morgan fingerprint density at radius 2 is 2.21 bits per heavy atom. The molecule has 1 rings (SSSR count). The van der Waals surface area contributed by atoms with Crippen molar-refractivity contribution >= 4 is 28.1 Å². The smallest absolute Gasteiger partial charge is 0.0903 e. The average Bonchev–Trinajstić information content (AvgIpc) is 2.14. The Morgan fingerprint density at radius 1 is 1.50 bits per heavy atom. The first-order valence-electron chi connectivity index (χ1n) is 4.14. The molecule has 1 aromatic carbocycles. The SMILES string of the molecule is Nc1cc(Cl)ccc1S(=O)CCCF. The van der Waals surface area contributed by atoms with Crippen LogP contribution in [0.5, 0.6) is 0 Å². The molecule has 14 heavy (non-hydrogen) atoms. The molecule has 0 spiro atoms. The Labute approximate surface area is 89.7 Å². The number of alkyl halides is 1. The third-order valence-electron chi connectivity index (χ3n) is 1.68. The molecular formula is C9H11ClFNOS. The fourth-order valence-electron chi connectivity index (χ4n) is 1.02. The lowest BCUT2D eigenvalue weighted by Crippen LogP contribution is -2.02. The van der Waals surface area contributed by atoms with Crippen LogP contribution in [-0.2, 0) is 10.8 Å². The van der Waals surface area contributed by atoms with Gasteiger partial charge in [0.2, 0.25) is 0 Å². The van der Waals surface area contributed by atoms with E-state index in [4.69, 9.17) is 17.3 Å². The number of benzene rings is 1. The van der Waals surface area contributed by atoms with Gasteiger partial charge in [-0.2, -0.15) is 0 Å². The monoisotopic (exact) mass is 235 g/mol. The molecule has 0 bridgehead atoms. The predicted octanol–water partition coefficient (Wildman–Crippen LogP) is 2.39. The van der Waals surface area contributed by atoms with Crippen molar-refractivity contribution in [2.45, 2.75) is 11.3 Å². The van der Waals surface area contributed by atoms with Crippen LogP contribution in [0.4, 0.5) is 10.1 Å². The van der Waals surface area contributed by atoms with Gasteiger partial charge in [0.15, 0.2) is 0 Å². The van der Waals surface area contributed by atoms with Crippen molar-refractivity contribution in [3.8, 4) is 0 Å². The molecule has 0 aliphatic rings. The van der Waals surface area contributed by atoms with Crippen molar-refractivity contribution < 1.29 is 8.60 Å². The van der Waals surface area contributed by atoms with E-state index in [2.05, 4.69) is 0 Å². The van der Waals surface area contributed by atoms with Gasteiger partial charge in [-0.15, -0.1) is 0 Å². The van der Waals surface area contributed by atoms with Crippen LogP contribution in [0.25, 0.3) is 0 Å². The topological polar surface area (TPSA) is 43.1 Å². The van der Waals surface area contributed by atoms with Crippen molar-refractivity contribution in [3.05, 3.63) is 23.2 Å². The number of rotatable bonds is 4. The van der Waals surface area contributed by atoms with Gasteiger partial charge in [-0.3, -0.25) is 8.60 Å². The standard InChI is InChI=1S/C9H11ClFNOS/c10-7-2-3-9(8(12)6-7)14(13)5-1-4-11/h2-3,6H,1,4-5,12H2. The number of halogens is 2. The molecule has 5 heteroatoms. The van der Waals surface area contributed by atoms with Gasteiger partial charge in [-0.05, 0) is 24.6 Å². The molecule has 0 heterocycles. The van der Waals surface area contributed by atoms with E-state index >= 15 is 0 Å². The van der Waals surface area contributed by atoms with Crippen molar-refractivity contribution in [2.24, 2.45) is 0 Å². The van der Waals surface area contributed by atoms with Crippen LogP contribution in [0.3, 0.4) is 0 Å². The minimum atomic E-state index is -1.23. The molecule has 1 aromatic rings. The third kappa shape index (κ3) is 2.96. The van der Waals surface area contributed by atoms with Crippen LogP contribution in [-0.4, -0.2) is 16.6 Å². The molecule has 78 valence electrons. The van der Waals surface area contributed by atoms with Gasteiger partial charge < -0.3 is 5.73 Å². The summed E-state index contributed by atoms with van der Waals surface area (Å²) in [5.74, 6) is 0.294. The molecule has 0 saturated heterocycles. The second kappa shape index (κ2) is 5.32. The quantitative estimate of drug-likeness (QED) is 0.815. The molecule has 0 fully saturated rings. The van der Waals surface area contributed by atoms with Crippen molar-refractivity contribution in [2.75, 3.05) is 18.2 Å². The van der Waals surface area contributed by atoms with Crippen LogP contribution in [0, 0.1) is 0 Å². The Bertz CT molecular complexity index is 346. The summed E-state index contributed by atoms with van der Waals surface area (Å²) in [6.45, 7) is -0.459. The van der Waals surface area contributed by atoms with Crippen LogP contribution in [0.2, 0.25) is 5.02 Å². The predicted molar refractivity (Wildman–Crippen MR) is 57.7 cm³/mol. The Hall–Kier alpha value is -0.610. The lowest BCUT2D eigenvalue weighted by atomic mass is 10.3. The zero-order valence-corrected chi connectivity index (χ0v) is 9.08. The minimum absolute atomic E-state index is 0.286. The van der Waals surface area contributed by atoms with Gasteiger partial charge in [0.1, 0.15) is 0 Å². The maximum absolute atomic E-state index is 11.8. The summed E-state index contributed by atoms with van der Waals surface area (Å²) < 4.78 is 23.4. The lowest BCUT2D eigenvalue weighted by molar-refractivity contribution is 0.488.